The Bertz CT molecular complexity index is 1430. The predicted octanol–water partition coefficient (Wildman–Crippen LogP) is 10.3. The van der Waals surface area contributed by atoms with E-state index >= 15 is 0 Å². The maximum atomic E-state index is 2.40. The van der Waals surface area contributed by atoms with Crippen LogP contribution < -0.4 is 0 Å². The summed E-state index contributed by atoms with van der Waals surface area (Å²) in [5, 5.41) is 4.14. The zero-order valence-corrected chi connectivity index (χ0v) is 20.1. The summed E-state index contributed by atoms with van der Waals surface area (Å²) in [6, 6.07) is 39.5. The molecule has 0 aliphatic carbocycles. The Morgan fingerprint density at radius 1 is 0.333 bits per heavy atom. The zero-order chi connectivity index (χ0) is 21.8. The van der Waals surface area contributed by atoms with Gasteiger partial charge in [0.15, 0.2) is 0 Å². The van der Waals surface area contributed by atoms with Crippen LogP contribution in [0, 0.1) is 0 Å². The lowest BCUT2D eigenvalue weighted by Gasteiger charge is -1.96. The first-order chi connectivity index (χ1) is 16.3. The van der Waals surface area contributed by atoms with Gasteiger partial charge in [-0.2, -0.15) is 0 Å². The number of benzene rings is 4. The third-order valence-electron chi connectivity index (χ3n) is 6.11. The molecule has 0 aliphatic heterocycles. The van der Waals surface area contributed by atoms with Gasteiger partial charge >= 0.3 is 0 Å². The molecule has 3 heterocycles. The van der Waals surface area contributed by atoms with Gasteiger partial charge in [0.05, 0.1) is 0 Å². The maximum absolute atomic E-state index is 2.40. The van der Waals surface area contributed by atoms with Crippen LogP contribution in [0.15, 0.2) is 109 Å². The van der Waals surface area contributed by atoms with Gasteiger partial charge in [-0.3, -0.25) is 0 Å². The van der Waals surface area contributed by atoms with Crippen molar-refractivity contribution in [3.63, 3.8) is 0 Å². The van der Waals surface area contributed by atoms with Crippen molar-refractivity contribution in [2.45, 2.75) is 0 Å². The Morgan fingerprint density at radius 2 is 0.606 bits per heavy atom. The molecule has 0 amide bonds. The average Bonchev–Trinajstić information content (AvgIpc) is 3.62. The minimum Gasteiger partial charge on any atom is -0.134 e. The molecule has 33 heavy (non-hydrogen) atoms. The lowest BCUT2D eigenvalue weighted by Crippen LogP contribution is -1.69. The molecule has 0 radical (unpaired) electrons. The van der Waals surface area contributed by atoms with E-state index in [1.54, 1.807) is 0 Å². The number of hydrogen-bond acceptors (Lipinski definition) is 3. The molecular formula is C30H18S3. The highest BCUT2D eigenvalue weighted by molar-refractivity contribution is 7.29. The van der Waals surface area contributed by atoms with E-state index < -0.39 is 0 Å². The first kappa shape index (κ1) is 19.2. The molecule has 7 aromatic rings. The molecule has 0 nitrogen and oxygen atoms in total. The van der Waals surface area contributed by atoms with Gasteiger partial charge in [-0.1, -0.05) is 91.0 Å². The van der Waals surface area contributed by atoms with E-state index in [1.807, 2.05) is 34.0 Å². The van der Waals surface area contributed by atoms with Gasteiger partial charge in [0.25, 0.3) is 0 Å². The van der Waals surface area contributed by atoms with Crippen molar-refractivity contribution in [3.8, 4) is 31.3 Å². The van der Waals surface area contributed by atoms with Crippen LogP contribution in [0.4, 0.5) is 0 Å². The van der Waals surface area contributed by atoms with E-state index in [4.69, 9.17) is 0 Å². The number of rotatable bonds is 3. The van der Waals surface area contributed by atoms with E-state index in [2.05, 4.69) is 109 Å². The first-order valence-electron chi connectivity index (χ1n) is 10.9. The molecular weight excluding hydrogens is 457 g/mol. The van der Waals surface area contributed by atoms with Gasteiger partial charge in [0.2, 0.25) is 0 Å². The minimum absolute atomic E-state index is 1.29. The molecule has 0 saturated heterocycles. The first-order valence-corrected chi connectivity index (χ1v) is 13.4. The van der Waals surface area contributed by atoms with Crippen LogP contribution in [0.25, 0.3) is 61.6 Å². The zero-order valence-electron chi connectivity index (χ0n) is 17.6. The van der Waals surface area contributed by atoms with Gasteiger partial charge in [-0.15, -0.1) is 34.0 Å². The molecule has 0 unspecified atom stereocenters. The monoisotopic (exact) mass is 474 g/mol. The van der Waals surface area contributed by atoms with Crippen LogP contribution in [0.1, 0.15) is 0 Å². The summed E-state index contributed by atoms with van der Waals surface area (Å²) in [6.07, 6.45) is 0. The smallest absolute Gasteiger partial charge is 0.0451 e. The molecule has 4 aromatic carbocycles. The second-order valence-corrected chi connectivity index (χ2v) is 11.3. The Labute approximate surface area is 204 Å². The van der Waals surface area contributed by atoms with Crippen molar-refractivity contribution >= 4 is 64.3 Å². The van der Waals surface area contributed by atoms with Crippen molar-refractivity contribution in [2.24, 2.45) is 0 Å². The Balaban J connectivity index is 1.57. The summed E-state index contributed by atoms with van der Waals surface area (Å²) in [5.74, 6) is 0. The molecule has 0 saturated carbocycles. The molecule has 0 aliphatic rings. The lowest BCUT2D eigenvalue weighted by molar-refractivity contribution is 1.70. The predicted molar refractivity (Wildman–Crippen MR) is 149 cm³/mol. The highest BCUT2D eigenvalue weighted by atomic mass is 32.1. The summed E-state index contributed by atoms with van der Waals surface area (Å²) < 4.78 is 4.20. The second kappa shape index (κ2) is 7.67. The summed E-state index contributed by atoms with van der Waals surface area (Å²) in [7, 11) is 0. The molecule has 0 N–H and O–H groups in total. The van der Waals surface area contributed by atoms with E-state index in [0.717, 1.165) is 0 Å². The van der Waals surface area contributed by atoms with E-state index in [-0.39, 0.29) is 0 Å². The highest BCUT2D eigenvalue weighted by Gasteiger charge is 2.19. The lowest BCUT2D eigenvalue weighted by atomic mass is 10.1. The largest absolute Gasteiger partial charge is 0.134 e. The molecule has 3 aromatic heterocycles. The topological polar surface area (TPSA) is 0 Å². The molecule has 7 rings (SSSR count). The molecule has 0 spiro atoms. The van der Waals surface area contributed by atoms with Gasteiger partial charge in [0.1, 0.15) is 0 Å². The summed E-state index contributed by atoms with van der Waals surface area (Å²) in [6.45, 7) is 0. The fourth-order valence-corrected chi connectivity index (χ4v) is 8.28. The maximum Gasteiger partial charge on any atom is 0.0451 e. The quantitative estimate of drug-likeness (QED) is 0.239. The fraction of sp³-hybridized carbons (Fsp3) is 0. The Hall–Kier alpha value is -3.24. The summed E-state index contributed by atoms with van der Waals surface area (Å²) in [5.41, 5.74) is 3.87. The van der Waals surface area contributed by atoms with Crippen molar-refractivity contribution in [1.29, 1.82) is 0 Å². The third-order valence-corrected chi connectivity index (χ3v) is 9.76. The van der Waals surface area contributed by atoms with Crippen LogP contribution in [-0.4, -0.2) is 0 Å². The summed E-state index contributed by atoms with van der Waals surface area (Å²) >= 11 is 5.76. The summed E-state index contributed by atoms with van der Waals surface area (Å²) in [4.78, 5) is 4.00. The SMILES string of the molecule is c1ccc(-c2cc3c(s2)c2cc(-c4ccccc4)sc2c2cc(-c4ccccc4)sc32)cc1. The van der Waals surface area contributed by atoms with Crippen LogP contribution in [0.2, 0.25) is 0 Å². The van der Waals surface area contributed by atoms with Gasteiger partial charge in [-0.05, 0) is 34.9 Å². The highest BCUT2D eigenvalue weighted by Crippen LogP contribution is 2.50. The molecule has 0 fully saturated rings. The Kier molecular flexibility index (Phi) is 4.47. The van der Waals surface area contributed by atoms with Crippen LogP contribution in [-0.2, 0) is 0 Å². The second-order valence-electron chi connectivity index (χ2n) is 8.16. The Morgan fingerprint density at radius 3 is 0.879 bits per heavy atom. The van der Waals surface area contributed by atoms with Crippen LogP contribution >= 0.6 is 34.0 Å². The van der Waals surface area contributed by atoms with Crippen molar-refractivity contribution < 1.29 is 0 Å². The van der Waals surface area contributed by atoms with E-state index in [9.17, 15) is 0 Å². The average molecular weight is 475 g/mol. The van der Waals surface area contributed by atoms with Crippen LogP contribution in [0.3, 0.4) is 0 Å². The number of thiophene rings is 3. The number of hydrogen-bond donors (Lipinski definition) is 0. The van der Waals surface area contributed by atoms with E-state index in [1.165, 1.54) is 61.6 Å². The van der Waals surface area contributed by atoms with E-state index in [0.29, 0.717) is 0 Å². The normalized spacial score (nSPS) is 11.6. The molecule has 0 atom stereocenters. The standard InChI is InChI=1S/C30H18S3/c1-4-10-19(11-5-1)25-16-22-28(31-25)23-17-26(20-12-6-2-7-13-20)33-30(23)24-18-27(32-29(22)24)21-14-8-3-9-15-21/h1-18H. The third kappa shape index (κ3) is 3.16. The van der Waals surface area contributed by atoms with Gasteiger partial charge in [0, 0.05) is 44.9 Å². The molecule has 0 bridgehead atoms. The van der Waals surface area contributed by atoms with Crippen LogP contribution in [0.5, 0.6) is 0 Å². The molecule has 156 valence electrons. The van der Waals surface area contributed by atoms with Crippen molar-refractivity contribution in [3.05, 3.63) is 109 Å². The minimum atomic E-state index is 1.29. The molecule has 3 heteroatoms. The van der Waals surface area contributed by atoms with Gasteiger partial charge in [-0.25, -0.2) is 0 Å². The fourth-order valence-electron chi connectivity index (χ4n) is 4.51. The number of fused-ring (bicyclic) bond motifs is 6. The van der Waals surface area contributed by atoms with Gasteiger partial charge < -0.3 is 0 Å². The van der Waals surface area contributed by atoms with Crippen molar-refractivity contribution in [2.75, 3.05) is 0 Å². The van der Waals surface area contributed by atoms with Crippen molar-refractivity contribution in [1.82, 2.24) is 0 Å².